The van der Waals surface area contributed by atoms with Crippen LogP contribution in [0.15, 0.2) is 291 Å². The first-order valence-electron chi connectivity index (χ1n) is 28.4. The minimum atomic E-state index is 0.895. The molecule has 0 aliphatic heterocycles. The van der Waals surface area contributed by atoms with Crippen molar-refractivity contribution < 1.29 is 0 Å². The monoisotopic (exact) mass is 1070 g/mol. The molecule has 10 aromatic carbocycles. The Hall–Kier alpha value is -11.5. The van der Waals surface area contributed by atoms with E-state index < -0.39 is 0 Å². The smallest absolute Gasteiger partial charge is 0.145 e. The Morgan fingerprint density at radius 2 is 0.607 bits per heavy atom. The maximum Gasteiger partial charge on any atom is 0.145 e. The van der Waals surface area contributed by atoms with Crippen molar-refractivity contribution in [1.82, 2.24) is 37.9 Å². The number of para-hydroxylation sites is 4. The highest BCUT2D eigenvalue weighted by atomic mass is 15.1. The second kappa shape index (κ2) is 19.1. The van der Waals surface area contributed by atoms with Crippen molar-refractivity contribution in [3.63, 3.8) is 0 Å². The van der Waals surface area contributed by atoms with Gasteiger partial charge in [-0.15, -0.1) is 0 Å². The molecule has 0 unspecified atom stereocenters. The second-order valence-electron chi connectivity index (χ2n) is 21.3. The van der Waals surface area contributed by atoms with E-state index in [0.717, 1.165) is 101 Å². The SMILES string of the molecule is c1ccc(-c2nc(-c3ccccc3)n3c4ccccc4c4ccc5c(c6ccccc6n5-c5ccccn5)c4c23)cc1.c1ccc(-c2nc(-c3ccccc3)n3c4ccccc4c4ccc5c6ccccc6n(-c6ccccn6)c5c4c23)cc1. The number of benzene rings is 10. The molecular formula is C76H48N8. The summed E-state index contributed by atoms with van der Waals surface area (Å²) in [5.41, 5.74) is 15.3. The maximum absolute atomic E-state index is 5.43. The van der Waals surface area contributed by atoms with Gasteiger partial charge in [0.1, 0.15) is 23.3 Å². The molecule has 18 aromatic rings. The number of nitrogens with zero attached hydrogens (tertiary/aromatic N) is 8. The quantitative estimate of drug-likeness (QED) is 0.156. The van der Waals surface area contributed by atoms with E-state index in [4.69, 9.17) is 19.9 Å². The average molecular weight is 1070 g/mol. The van der Waals surface area contributed by atoms with E-state index in [1.54, 1.807) is 0 Å². The fourth-order valence-corrected chi connectivity index (χ4v) is 13.2. The summed E-state index contributed by atoms with van der Waals surface area (Å²) in [6, 6.07) is 98.2. The fraction of sp³-hybridized carbons (Fsp3) is 0. The van der Waals surface area contributed by atoms with Crippen LogP contribution in [0.3, 0.4) is 0 Å². The molecule has 8 heteroatoms. The molecule has 84 heavy (non-hydrogen) atoms. The van der Waals surface area contributed by atoms with E-state index in [0.29, 0.717) is 0 Å². The number of rotatable bonds is 6. The van der Waals surface area contributed by atoms with Gasteiger partial charge in [0.05, 0.1) is 55.5 Å². The molecule has 0 bridgehead atoms. The van der Waals surface area contributed by atoms with Crippen LogP contribution in [0.25, 0.3) is 155 Å². The number of hydrogen-bond donors (Lipinski definition) is 0. The Kier molecular flexibility index (Phi) is 10.8. The molecule has 8 nitrogen and oxygen atoms in total. The molecule has 0 N–H and O–H groups in total. The predicted molar refractivity (Wildman–Crippen MR) is 346 cm³/mol. The highest BCUT2D eigenvalue weighted by Gasteiger charge is 2.27. The molecule has 0 spiro atoms. The van der Waals surface area contributed by atoms with Gasteiger partial charge in [-0.25, -0.2) is 19.9 Å². The molecule has 0 saturated heterocycles. The molecule has 0 aliphatic rings. The Balaban J connectivity index is 0.000000132. The number of fused-ring (bicyclic) bond motifs is 20. The molecule has 8 heterocycles. The van der Waals surface area contributed by atoms with Crippen LogP contribution in [0.5, 0.6) is 0 Å². The predicted octanol–water partition coefficient (Wildman–Crippen LogP) is 18.9. The third-order valence-electron chi connectivity index (χ3n) is 16.7. The molecular weight excluding hydrogens is 1020 g/mol. The minimum Gasteiger partial charge on any atom is -0.294 e. The molecule has 0 fully saturated rings. The lowest BCUT2D eigenvalue weighted by atomic mass is 9.98. The standard InChI is InChI=1S/2C38H24N4/c1-3-13-25(14-4-1)35-37-34-29(27-17-7-10-20-32(27)42(37)38(40-35)26-15-5-2-6-16-26)22-23-30-28-18-8-9-19-31(28)41(36(30)34)33-21-11-12-24-39-33;1-3-13-25(14-4-1)36-37-35-28(27-17-7-9-19-30(27)42(37)38(40-36)26-15-5-2-6-16-26)22-23-32-34(35)29-18-8-10-20-31(29)41(32)33-21-11-12-24-39-33/h2*1-24H. The van der Waals surface area contributed by atoms with Gasteiger partial charge in [-0.2, -0.15) is 0 Å². The molecule has 0 radical (unpaired) electrons. The summed E-state index contributed by atoms with van der Waals surface area (Å²) in [6.07, 6.45) is 3.73. The summed E-state index contributed by atoms with van der Waals surface area (Å²) >= 11 is 0. The van der Waals surface area contributed by atoms with Crippen LogP contribution < -0.4 is 0 Å². The number of aromatic nitrogens is 8. The second-order valence-corrected chi connectivity index (χ2v) is 21.3. The molecule has 18 rings (SSSR count). The van der Waals surface area contributed by atoms with Crippen molar-refractivity contribution >= 4 is 98.0 Å². The van der Waals surface area contributed by atoms with Crippen LogP contribution in [-0.2, 0) is 0 Å². The van der Waals surface area contributed by atoms with Crippen LogP contribution in [0, 0.1) is 0 Å². The largest absolute Gasteiger partial charge is 0.294 e. The van der Waals surface area contributed by atoms with Crippen molar-refractivity contribution in [1.29, 1.82) is 0 Å². The van der Waals surface area contributed by atoms with E-state index in [9.17, 15) is 0 Å². The Morgan fingerprint density at radius 3 is 1.12 bits per heavy atom. The van der Waals surface area contributed by atoms with Crippen molar-refractivity contribution in [3.8, 4) is 56.9 Å². The zero-order valence-electron chi connectivity index (χ0n) is 45.3. The van der Waals surface area contributed by atoms with Crippen molar-refractivity contribution in [2.24, 2.45) is 0 Å². The van der Waals surface area contributed by atoms with Gasteiger partial charge in [-0.1, -0.05) is 224 Å². The summed E-state index contributed by atoms with van der Waals surface area (Å²) in [5, 5.41) is 12.0. The van der Waals surface area contributed by atoms with Crippen LogP contribution >= 0.6 is 0 Å². The molecule has 392 valence electrons. The Bertz CT molecular complexity index is 5570. The molecule has 0 amide bonds. The number of pyridine rings is 4. The van der Waals surface area contributed by atoms with E-state index in [1.807, 2.05) is 30.6 Å². The van der Waals surface area contributed by atoms with Crippen LogP contribution in [0.4, 0.5) is 0 Å². The third-order valence-corrected chi connectivity index (χ3v) is 16.7. The summed E-state index contributed by atoms with van der Waals surface area (Å²) < 4.78 is 9.36. The first kappa shape index (κ1) is 47.3. The number of imidazole rings is 2. The molecule has 0 aliphatic carbocycles. The molecule has 8 aromatic heterocycles. The molecule has 0 atom stereocenters. The summed E-state index contributed by atoms with van der Waals surface area (Å²) in [5.74, 6) is 3.67. The lowest BCUT2D eigenvalue weighted by Crippen LogP contribution is -1.99. The lowest BCUT2D eigenvalue weighted by molar-refractivity contribution is 1.08. The van der Waals surface area contributed by atoms with Crippen molar-refractivity contribution in [3.05, 3.63) is 291 Å². The van der Waals surface area contributed by atoms with E-state index in [2.05, 4.69) is 279 Å². The average Bonchev–Trinajstić information content (AvgIpc) is 1.84. The third kappa shape index (κ3) is 7.14. The molecule has 0 saturated carbocycles. The van der Waals surface area contributed by atoms with Crippen molar-refractivity contribution in [2.45, 2.75) is 0 Å². The van der Waals surface area contributed by atoms with E-state index >= 15 is 0 Å². The van der Waals surface area contributed by atoms with Crippen molar-refractivity contribution in [2.75, 3.05) is 0 Å². The van der Waals surface area contributed by atoms with Crippen LogP contribution in [0.2, 0.25) is 0 Å². The van der Waals surface area contributed by atoms with Gasteiger partial charge in [-0.3, -0.25) is 17.9 Å². The van der Waals surface area contributed by atoms with Gasteiger partial charge in [0.15, 0.2) is 0 Å². The zero-order valence-corrected chi connectivity index (χ0v) is 45.3. The van der Waals surface area contributed by atoms with Gasteiger partial charge < -0.3 is 0 Å². The van der Waals surface area contributed by atoms with Crippen LogP contribution in [0.1, 0.15) is 0 Å². The summed E-state index contributed by atoms with van der Waals surface area (Å²) in [4.78, 5) is 20.5. The van der Waals surface area contributed by atoms with Gasteiger partial charge in [0, 0.05) is 77.7 Å². The van der Waals surface area contributed by atoms with Gasteiger partial charge in [0.25, 0.3) is 0 Å². The van der Waals surface area contributed by atoms with Crippen LogP contribution in [-0.4, -0.2) is 37.9 Å². The maximum atomic E-state index is 5.43. The number of hydrogen-bond acceptors (Lipinski definition) is 4. The summed E-state index contributed by atoms with van der Waals surface area (Å²) in [7, 11) is 0. The van der Waals surface area contributed by atoms with E-state index in [1.165, 1.54) is 53.9 Å². The van der Waals surface area contributed by atoms with E-state index in [-0.39, 0.29) is 0 Å². The zero-order chi connectivity index (χ0) is 55.2. The first-order chi connectivity index (χ1) is 41.8. The highest BCUT2D eigenvalue weighted by molar-refractivity contribution is 6.32. The fourth-order valence-electron chi connectivity index (χ4n) is 13.2. The van der Waals surface area contributed by atoms with Gasteiger partial charge in [-0.05, 0) is 65.4 Å². The minimum absolute atomic E-state index is 0.895. The normalized spacial score (nSPS) is 11.8. The Morgan fingerprint density at radius 1 is 0.226 bits per heavy atom. The van der Waals surface area contributed by atoms with Gasteiger partial charge >= 0.3 is 0 Å². The van der Waals surface area contributed by atoms with Gasteiger partial charge in [0.2, 0.25) is 0 Å². The topological polar surface area (TPSA) is 70.2 Å². The first-order valence-corrected chi connectivity index (χ1v) is 28.4. The lowest BCUT2D eigenvalue weighted by Gasteiger charge is -2.14. The Labute approximate surface area is 481 Å². The summed E-state index contributed by atoms with van der Waals surface area (Å²) in [6.45, 7) is 0. The highest BCUT2D eigenvalue weighted by Crippen LogP contribution is 2.47.